The standard InChI is InChI=1S/C28H36FNO4S/c1-4-28(29)19-22(14-16-24(31)20(2)12-13-21-9-6-5-7-10-21)30(27(28)33)18-8-11-23-15-17-25(35-23)26(32)34-3/h5-7,9-10,14-17,20,22,24,31H,4,8,11-13,18-19H2,1-3H3/b16-14+/t20-,22-,24-,28?/m0/s1. The lowest BCUT2D eigenvalue weighted by atomic mass is 9.94. The predicted molar refractivity (Wildman–Crippen MR) is 137 cm³/mol. The van der Waals surface area contributed by atoms with E-state index >= 15 is 4.39 Å². The zero-order valence-electron chi connectivity index (χ0n) is 20.8. The molecule has 190 valence electrons. The van der Waals surface area contributed by atoms with Crippen molar-refractivity contribution >= 4 is 23.2 Å². The van der Waals surface area contributed by atoms with Crippen molar-refractivity contribution in [2.75, 3.05) is 13.7 Å². The molecule has 1 amide bonds. The molecular formula is C28H36FNO4S. The van der Waals surface area contributed by atoms with Crippen LogP contribution in [-0.4, -0.2) is 53.4 Å². The maximum Gasteiger partial charge on any atom is 0.348 e. The van der Waals surface area contributed by atoms with Gasteiger partial charge in [0.25, 0.3) is 5.91 Å². The molecule has 35 heavy (non-hydrogen) atoms. The van der Waals surface area contributed by atoms with Crippen LogP contribution in [0.25, 0.3) is 0 Å². The largest absolute Gasteiger partial charge is 0.465 e. The van der Waals surface area contributed by atoms with Gasteiger partial charge in [0, 0.05) is 17.8 Å². The molecule has 7 heteroatoms. The van der Waals surface area contributed by atoms with E-state index in [-0.39, 0.29) is 30.8 Å². The number of thiophene rings is 1. The number of esters is 1. The van der Waals surface area contributed by atoms with E-state index in [0.717, 1.165) is 17.7 Å². The molecule has 1 saturated heterocycles. The van der Waals surface area contributed by atoms with Gasteiger partial charge in [0.15, 0.2) is 5.67 Å². The van der Waals surface area contributed by atoms with E-state index in [0.29, 0.717) is 24.3 Å². The third-order valence-corrected chi connectivity index (χ3v) is 7.98. The SMILES string of the molecule is CCC1(F)C[C@H](/C=C/[C@H](O)[C@@H](C)CCc2ccccc2)N(CCCc2ccc(C(=O)OC)s2)C1=O. The number of aryl methyl sites for hydroxylation is 2. The Balaban J connectivity index is 1.58. The van der Waals surface area contributed by atoms with E-state index in [1.54, 1.807) is 30.0 Å². The van der Waals surface area contributed by atoms with E-state index in [9.17, 15) is 14.7 Å². The average Bonchev–Trinajstić information content (AvgIpc) is 3.44. The van der Waals surface area contributed by atoms with E-state index in [2.05, 4.69) is 12.1 Å². The fraction of sp³-hybridized carbons (Fsp3) is 0.500. The van der Waals surface area contributed by atoms with Gasteiger partial charge in [-0.2, -0.15) is 0 Å². The second-order valence-electron chi connectivity index (χ2n) is 9.33. The number of alkyl halides is 1. The van der Waals surface area contributed by atoms with Crippen LogP contribution in [0.4, 0.5) is 4.39 Å². The number of carbonyl (C=O) groups is 2. The Hall–Kier alpha value is -2.51. The first-order chi connectivity index (χ1) is 16.8. The molecule has 0 saturated carbocycles. The molecule has 1 unspecified atom stereocenters. The second-order valence-corrected chi connectivity index (χ2v) is 10.5. The lowest BCUT2D eigenvalue weighted by Gasteiger charge is -2.23. The summed E-state index contributed by atoms with van der Waals surface area (Å²) in [5, 5.41) is 10.7. The van der Waals surface area contributed by atoms with Crippen molar-refractivity contribution in [2.45, 2.75) is 70.2 Å². The van der Waals surface area contributed by atoms with E-state index in [1.807, 2.05) is 31.2 Å². The van der Waals surface area contributed by atoms with Crippen molar-refractivity contribution in [3.63, 3.8) is 0 Å². The van der Waals surface area contributed by atoms with E-state index < -0.39 is 17.7 Å². The smallest absolute Gasteiger partial charge is 0.348 e. The summed E-state index contributed by atoms with van der Waals surface area (Å²) in [4.78, 5) is 27.7. The Morgan fingerprint density at radius 3 is 2.71 bits per heavy atom. The number of benzene rings is 1. The Labute approximate surface area is 211 Å². The number of methoxy groups -OCH3 is 1. The zero-order valence-corrected chi connectivity index (χ0v) is 21.6. The fourth-order valence-corrected chi connectivity index (χ4v) is 5.43. The van der Waals surface area contributed by atoms with Crippen molar-refractivity contribution in [1.29, 1.82) is 0 Å². The number of carbonyl (C=O) groups excluding carboxylic acids is 2. The fourth-order valence-electron chi connectivity index (χ4n) is 4.46. The highest BCUT2D eigenvalue weighted by molar-refractivity contribution is 7.13. The van der Waals surface area contributed by atoms with Crippen LogP contribution in [-0.2, 0) is 22.4 Å². The number of rotatable bonds is 12. The van der Waals surface area contributed by atoms with Gasteiger partial charge >= 0.3 is 5.97 Å². The van der Waals surface area contributed by atoms with Crippen LogP contribution in [0.2, 0.25) is 0 Å². The predicted octanol–water partition coefficient (Wildman–Crippen LogP) is 5.37. The van der Waals surface area contributed by atoms with Crippen molar-refractivity contribution in [2.24, 2.45) is 5.92 Å². The third kappa shape index (κ3) is 7.01. The molecule has 0 spiro atoms. The first-order valence-electron chi connectivity index (χ1n) is 12.3. The van der Waals surface area contributed by atoms with Crippen LogP contribution in [0, 0.1) is 5.92 Å². The molecule has 1 aromatic heterocycles. The topological polar surface area (TPSA) is 66.8 Å². The van der Waals surface area contributed by atoms with Crippen LogP contribution >= 0.6 is 11.3 Å². The van der Waals surface area contributed by atoms with Crippen molar-refractivity contribution in [3.8, 4) is 0 Å². The van der Waals surface area contributed by atoms with Crippen molar-refractivity contribution in [3.05, 3.63) is 69.9 Å². The minimum atomic E-state index is -1.86. The molecule has 2 heterocycles. The Kier molecular flexibility index (Phi) is 9.63. The van der Waals surface area contributed by atoms with Gasteiger partial charge in [-0.3, -0.25) is 4.79 Å². The van der Waals surface area contributed by atoms with Crippen LogP contribution in [0.1, 0.15) is 59.6 Å². The highest BCUT2D eigenvalue weighted by Crippen LogP contribution is 2.36. The van der Waals surface area contributed by atoms with Gasteiger partial charge in [0.05, 0.1) is 19.3 Å². The molecule has 2 aromatic rings. The second kappa shape index (κ2) is 12.5. The quantitative estimate of drug-likeness (QED) is 0.314. The summed E-state index contributed by atoms with van der Waals surface area (Å²) in [6.45, 7) is 4.12. The number of aliphatic hydroxyl groups is 1. The van der Waals surface area contributed by atoms with Gasteiger partial charge < -0.3 is 14.7 Å². The summed E-state index contributed by atoms with van der Waals surface area (Å²) in [6, 6.07) is 13.4. The number of amides is 1. The highest BCUT2D eigenvalue weighted by atomic mass is 32.1. The molecule has 4 atom stereocenters. The highest BCUT2D eigenvalue weighted by Gasteiger charge is 2.50. The summed E-state index contributed by atoms with van der Waals surface area (Å²) in [6.07, 6.45) is 6.17. The maximum atomic E-state index is 15.3. The maximum absolute atomic E-state index is 15.3. The Morgan fingerprint density at radius 1 is 1.29 bits per heavy atom. The molecule has 1 aliphatic rings. The number of aliphatic hydroxyl groups excluding tert-OH is 1. The Morgan fingerprint density at radius 2 is 2.03 bits per heavy atom. The number of hydrogen-bond donors (Lipinski definition) is 1. The minimum absolute atomic E-state index is 0.0427. The van der Waals surface area contributed by atoms with Crippen LogP contribution in [0.5, 0.6) is 0 Å². The molecule has 0 aliphatic carbocycles. The van der Waals surface area contributed by atoms with Crippen molar-refractivity contribution in [1.82, 2.24) is 4.90 Å². The summed E-state index contributed by atoms with van der Waals surface area (Å²) in [5.41, 5.74) is -0.627. The lowest BCUT2D eigenvalue weighted by Crippen LogP contribution is -2.38. The first kappa shape index (κ1) is 27.1. The van der Waals surface area contributed by atoms with Gasteiger partial charge in [-0.25, -0.2) is 9.18 Å². The van der Waals surface area contributed by atoms with Gasteiger partial charge in [-0.15, -0.1) is 11.3 Å². The molecule has 1 fully saturated rings. The molecule has 1 N–H and O–H groups in total. The van der Waals surface area contributed by atoms with E-state index in [1.165, 1.54) is 24.0 Å². The molecule has 0 radical (unpaired) electrons. The van der Waals surface area contributed by atoms with Crippen LogP contribution in [0.3, 0.4) is 0 Å². The zero-order chi connectivity index (χ0) is 25.4. The number of ether oxygens (including phenoxy) is 1. The minimum Gasteiger partial charge on any atom is -0.465 e. The van der Waals surface area contributed by atoms with E-state index in [4.69, 9.17) is 4.74 Å². The molecule has 5 nitrogen and oxygen atoms in total. The lowest BCUT2D eigenvalue weighted by molar-refractivity contribution is -0.138. The Bertz CT molecular complexity index is 1010. The molecule has 1 aliphatic heterocycles. The normalized spacial score (nSPS) is 22.0. The molecule has 3 rings (SSSR count). The monoisotopic (exact) mass is 501 g/mol. The number of nitrogens with zero attached hydrogens (tertiary/aromatic N) is 1. The third-order valence-electron chi connectivity index (χ3n) is 6.85. The van der Waals surface area contributed by atoms with Crippen LogP contribution in [0.15, 0.2) is 54.6 Å². The van der Waals surface area contributed by atoms with Gasteiger partial charge in [0.1, 0.15) is 4.88 Å². The number of halogens is 1. The summed E-state index contributed by atoms with van der Waals surface area (Å²) in [5.74, 6) is -0.785. The van der Waals surface area contributed by atoms with Gasteiger partial charge in [-0.05, 0) is 55.7 Å². The van der Waals surface area contributed by atoms with Crippen LogP contribution < -0.4 is 0 Å². The average molecular weight is 502 g/mol. The molecule has 0 bridgehead atoms. The summed E-state index contributed by atoms with van der Waals surface area (Å²) >= 11 is 1.38. The summed E-state index contributed by atoms with van der Waals surface area (Å²) < 4.78 is 20.0. The van der Waals surface area contributed by atoms with Gasteiger partial charge in [0.2, 0.25) is 0 Å². The van der Waals surface area contributed by atoms with Crippen molar-refractivity contribution < 1.29 is 23.8 Å². The molecular weight excluding hydrogens is 465 g/mol. The van der Waals surface area contributed by atoms with Gasteiger partial charge in [-0.1, -0.05) is 56.3 Å². The number of likely N-dealkylation sites (tertiary alicyclic amines) is 1. The number of hydrogen-bond acceptors (Lipinski definition) is 5. The summed E-state index contributed by atoms with van der Waals surface area (Å²) in [7, 11) is 1.35. The first-order valence-corrected chi connectivity index (χ1v) is 13.2. The molecule has 1 aromatic carbocycles.